The summed E-state index contributed by atoms with van der Waals surface area (Å²) in [6.07, 6.45) is 2.31. The van der Waals surface area contributed by atoms with Crippen LogP contribution in [0, 0.1) is 6.92 Å². The molecular weight excluding hydrogens is 328 g/mol. The fourth-order valence-electron chi connectivity index (χ4n) is 3.40. The van der Waals surface area contributed by atoms with E-state index in [1.165, 1.54) is 0 Å². The predicted molar refractivity (Wildman–Crippen MR) is 98.9 cm³/mol. The molecule has 0 saturated carbocycles. The van der Waals surface area contributed by atoms with Crippen molar-refractivity contribution in [1.29, 1.82) is 0 Å². The standard InChI is InChI=1S/C21H18N2O3/c1-13-5-2-8-15(17-10-11-18(24)26-17)19(13)21(25)23-16-9-3-6-14-7-4-12-22-20(14)16/h2-9,12,17H,10-11H2,1H3,(H,23,25). The maximum atomic E-state index is 13.1. The van der Waals surface area contributed by atoms with Crippen LogP contribution in [0.1, 0.15) is 40.4 Å². The van der Waals surface area contributed by atoms with Gasteiger partial charge in [0.25, 0.3) is 5.91 Å². The number of para-hydroxylation sites is 1. The second-order valence-electron chi connectivity index (χ2n) is 6.39. The molecule has 1 aliphatic rings. The van der Waals surface area contributed by atoms with E-state index >= 15 is 0 Å². The Kier molecular flexibility index (Phi) is 4.13. The third kappa shape index (κ3) is 2.92. The van der Waals surface area contributed by atoms with Crippen LogP contribution >= 0.6 is 0 Å². The number of carbonyl (C=O) groups is 2. The lowest BCUT2D eigenvalue weighted by atomic mass is 9.95. The van der Waals surface area contributed by atoms with Crippen LogP contribution in [-0.2, 0) is 9.53 Å². The maximum Gasteiger partial charge on any atom is 0.306 e. The average Bonchev–Trinajstić information content (AvgIpc) is 3.08. The van der Waals surface area contributed by atoms with Crippen molar-refractivity contribution in [2.45, 2.75) is 25.9 Å². The zero-order chi connectivity index (χ0) is 18.1. The van der Waals surface area contributed by atoms with Gasteiger partial charge < -0.3 is 10.1 Å². The fourth-order valence-corrected chi connectivity index (χ4v) is 3.40. The molecule has 130 valence electrons. The van der Waals surface area contributed by atoms with Gasteiger partial charge in [-0.05, 0) is 31.0 Å². The summed E-state index contributed by atoms with van der Waals surface area (Å²) in [6.45, 7) is 1.89. The number of hydrogen-bond donors (Lipinski definition) is 1. The monoisotopic (exact) mass is 346 g/mol. The molecule has 0 aliphatic carbocycles. The molecule has 1 aliphatic heterocycles. The first-order valence-electron chi connectivity index (χ1n) is 8.57. The molecule has 2 heterocycles. The fraction of sp³-hybridized carbons (Fsp3) is 0.190. The Morgan fingerprint density at radius 3 is 2.77 bits per heavy atom. The van der Waals surface area contributed by atoms with Crippen molar-refractivity contribution in [3.8, 4) is 0 Å². The van der Waals surface area contributed by atoms with Crippen LogP contribution in [-0.4, -0.2) is 16.9 Å². The highest BCUT2D eigenvalue weighted by Gasteiger charge is 2.29. The molecule has 0 spiro atoms. The molecule has 1 aromatic heterocycles. The quantitative estimate of drug-likeness (QED) is 0.723. The summed E-state index contributed by atoms with van der Waals surface area (Å²) in [4.78, 5) is 28.9. The molecule has 5 heteroatoms. The van der Waals surface area contributed by atoms with Crippen molar-refractivity contribution in [1.82, 2.24) is 4.98 Å². The number of pyridine rings is 1. The molecule has 0 bridgehead atoms. The highest BCUT2D eigenvalue weighted by atomic mass is 16.5. The Labute approximate surface area is 151 Å². The zero-order valence-corrected chi connectivity index (χ0v) is 14.4. The largest absolute Gasteiger partial charge is 0.457 e. The number of amides is 1. The molecular formula is C21H18N2O3. The van der Waals surface area contributed by atoms with E-state index in [-0.39, 0.29) is 18.0 Å². The van der Waals surface area contributed by atoms with Gasteiger partial charge in [0.1, 0.15) is 6.10 Å². The van der Waals surface area contributed by atoms with Crippen LogP contribution in [0.15, 0.2) is 54.7 Å². The highest BCUT2D eigenvalue weighted by Crippen LogP contribution is 2.33. The molecule has 1 amide bonds. The Morgan fingerprint density at radius 2 is 1.96 bits per heavy atom. The molecule has 1 fully saturated rings. The lowest BCUT2D eigenvalue weighted by Gasteiger charge is -2.17. The minimum atomic E-state index is -0.367. The summed E-state index contributed by atoms with van der Waals surface area (Å²) in [5, 5.41) is 3.93. The van der Waals surface area contributed by atoms with Gasteiger partial charge in [-0.3, -0.25) is 14.6 Å². The van der Waals surface area contributed by atoms with Gasteiger partial charge in [0.05, 0.1) is 11.2 Å². The summed E-state index contributed by atoms with van der Waals surface area (Å²) >= 11 is 0. The minimum absolute atomic E-state index is 0.221. The molecule has 0 radical (unpaired) electrons. The van der Waals surface area contributed by atoms with Gasteiger partial charge in [-0.1, -0.05) is 36.4 Å². The number of aryl methyl sites for hydroxylation is 1. The van der Waals surface area contributed by atoms with E-state index in [1.807, 2.05) is 55.5 Å². The van der Waals surface area contributed by atoms with Crippen LogP contribution in [0.2, 0.25) is 0 Å². The Hall–Kier alpha value is -3.21. The number of fused-ring (bicyclic) bond motifs is 1. The number of rotatable bonds is 3. The summed E-state index contributed by atoms with van der Waals surface area (Å²) in [5.74, 6) is -0.444. The first kappa shape index (κ1) is 16.3. The number of esters is 1. The van der Waals surface area contributed by atoms with E-state index in [9.17, 15) is 9.59 Å². The third-order valence-corrected chi connectivity index (χ3v) is 4.64. The number of anilines is 1. The number of nitrogens with zero attached hydrogens (tertiary/aromatic N) is 1. The van der Waals surface area contributed by atoms with E-state index in [0.717, 1.165) is 22.0 Å². The van der Waals surface area contributed by atoms with E-state index in [4.69, 9.17) is 4.74 Å². The predicted octanol–water partition coefficient (Wildman–Crippen LogP) is 4.17. The van der Waals surface area contributed by atoms with E-state index < -0.39 is 0 Å². The van der Waals surface area contributed by atoms with Crippen LogP contribution < -0.4 is 5.32 Å². The number of aromatic nitrogens is 1. The van der Waals surface area contributed by atoms with E-state index in [1.54, 1.807) is 6.20 Å². The Balaban J connectivity index is 1.71. The second kappa shape index (κ2) is 6.59. The molecule has 3 aromatic rings. The molecule has 1 unspecified atom stereocenters. The lowest BCUT2D eigenvalue weighted by Crippen LogP contribution is -2.18. The average molecular weight is 346 g/mol. The van der Waals surface area contributed by atoms with Crippen molar-refractivity contribution in [2.75, 3.05) is 5.32 Å². The van der Waals surface area contributed by atoms with Crippen molar-refractivity contribution < 1.29 is 14.3 Å². The summed E-state index contributed by atoms with van der Waals surface area (Å²) in [6, 6.07) is 15.1. The number of hydrogen-bond acceptors (Lipinski definition) is 4. The Morgan fingerprint density at radius 1 is 1.15 bits per heavy atom. The molecule has 26 heavy (non-hydrogen) atoms. The topological polar surface area (TPSA) is 68.3 Å². The van der Waals surface area contributed by atoms with Crippen LogP contribution in [0.4, 0.5) is 5.69 Å². The van der Waals surface area contributed by atoms with Crippen LogP contribution in [0.5, 0.6) is 0 Å². The summed E-state index contributed by atoms with van der Waals surface area (Å²) in [7, 11) is 0. The first-order chi connectivity index (χ1) is 12.6. The maximum absolute atomic E-state index is 13.1. The molecule has 4 rings (SSSR count). The SMILES string of the molecule is Cc1cccc(C2CCC(=O)O2)c1C(=O)Nc1cccc2cccnc12. The zero-order valence-electron chi connectivity index (χ0n) is 14.4. The highest BCUT2D eigenvalue weighted by molar-refractivity contribution is 6.09. The van der Waals surface area contributed by atoms with Gasteiger partial charge in [-0.2, -0.15) is 0 Å². The van der Waals surface area contributed by atoms with E-state index in [2.05, 4.69) is 10.3 Å². The third-order valence-electron chi connectivity index (χ3n) is 4.64. The van der Waals surface area contributed by atoms with Gasteiger partial charge in [-0.15, -0.1) is 0 Å². The summed E-state index contributed by atoms with van der Waals surface area (Å²) in [5.41, 5.74) is 3.55. The molecule has 2 aromatic carbocycles. The number of carbonyl (C=O) groups excluding carboxylic acids is 2. The van der Waals surface area contributed by atoms with Gasteiger partial charge in [0.2, 0.25) is 0 Å². The lowest BCUT2D eigenvalue weighted by molar-refractivity contribution is -0.141. The van der Waals surface area contributed by atoms with Gasteiger partial charge >= 0.3 is 5.97 Å². The second-order valence-corrected chi connectivity index (χ2v) is 6.39. The minimum Gasteiger partial charge on any atom is -0.457 e. The van der Waals surface area contributed by atoms with Crippen LogP contribution in [0.3, 0.4) is 0 Å². The smallest absolute Gasteiger partial charge is 0.306 e. The van der Waals surface area contributed by atoms with Gasteiger partial charge in [0, 0.05) is 29.1 Å². The van der Waals surface area contributed by atoms with E-state index in [0.29, 0.717) is 24.1 Å². The van der Waals surface area contributed by atoms with Crippen molar-refractivity contribution in [2.24, 2.45) is 0 Å². The Bertz CT molecular complexity index is 1010. The molecule has 5 nitrogen and oxygen atoms in total. The van der Waals surface area contributed by atoms with Crippen molar-refractivity contribution in [3.63, 3.8) is 0 Å². The number of cyclic esters (lactones) is 1. The normalized spacial score (nSPS) is 16.5. The molecule has 1 atom stereocenters. The molecule has 1 saturated heterocycles. The number of benzene rings is 2. The van der Waals surface area contributed by atoms with Crippen molar-refractivity contribution >= 4 is 28.5 Å². The van der Waals surface area contributed by atoms with Gasteiger partial charge in [0.15, 0.2) is 0 Å². The van der Waals surface area contributed by atoms with Gasteiger partial charge in [-0.25, -0.2) is 0 Å². The molecule has 1 N–H and O–H groups in total. The number of ether oxygens (including phenoxy) is 1. The van der Waals surface area contributed by atoms with Crippen molar-refractivity contribution in [3.05, 3.63) is 71.4 Å². The number of nitrogens with one attached hydrogen (secondary N) is 1. The van der Waals surface area contributed by atoms with Crippen LogP contribution in [0.25, 0.3) is 10.9 Å². The first-order valence-corrected chi connectivity index (χ1v) is 8.57. The summed E-state index contributed by atoms with van der Waals surface area (Å²) < 4.78 is 5.38.